The second kappa shape index (κ2) is 6.71. The number of anilines is 1. The van der Waals surface area contributed by atoms with Crippen molar-refractivity contribution < 1.29 is 9.64 Å². The molecule has 8 nitrogen and oxygen atoms in total. The lowest BCUT2D eigenvalue weighted by atomic mass is 10.0. The third kappa shape index (κ3) is 2.74. The number of quaternary nitrogens is 1. The molecule has 5 heterocycles. The van der Waals surface area contributed by atoms with Crippen LogP contribution in [0.5, 0.6) is 0 Å². The van der Waals surface area contributed by atoms with E-state index in [0.29, 0.717) is 5.78 Å². The van der Waals surface area contributed by atoms with Gasteiger partial charge in [-0.15, -0.1) is 11.3 Å². The largest absolute Gasteiger partial charge is 0.376 e. The number of fused-ring (bicyclic) bond motifs is 5. The molecule has 9 heteroatoms. The van der Waals surface area contributed by atoms with Gasteiger partial charge in [0.15, 0.2) is 0 Å². The fourth-order valence-corrected chi connectivity index (χ4v) is 5.53. The predicted molar refractivity (Wildman–Crippen MR) is 99.8 cm³/mol. The van der Waals surface area contributed by atoms with Crippen LogP contribution in [0.2, 0.25) is 0 Å². The molecule has 3 aromatic rings. The first-order valence-corrected chi connectivity index (χ1v) is 10.4. The Morgan fingerprint density at radius 2 is 2.38 bits per heavy atom. The van der Waals surface area contributed by atoms with Gasteiger partial charge in [0.2, 0.25) is 0 Å². The average Bonchev–Trinajstić information content (AvgIpc) is 3.38. The Hall–Kier alpha value is -1.84. The molecule has 0 radical (unpaired) electrons. The van der Waals surface area contributed by atoms with Gasteiger partial charge in [-0.05, 0) is 35.3 Å². The minimum absolute atomic E-state index is 0.276. The average molecular weight is 374 g/mol. The molecule has 1 unspecified atom stereocenters. The maximum absolute atomic E-state index is 5.76. The third-order valence-corrected chi connectivity index (χ3v) is 6.64. The van der Waals surface area contributed by atoms with Crippen LogP contribution in [-0.2, 0) is 17.7 Å². The number of hydrogen-bond acceptors (Lipinski definition) is 7. The van der Waals surface area contributed by atoms with E-state index in [0.717, 1.165) is 49.6 Å². The molecule has 138 valence electrons. The molecular formula is C17H24N7OS+. The molecule has 0 bridgehead atoms. The standard InChI is InChI=1S/C17H23N7OS/c1-2-6-23-7-5-12-13(10-23)26-16-14(12)15(18-9-11-4-3-8-25-11)19-17-20-21-22-24(16)17/h11H,2-10H2,1H3,(H,18,19,20,22)/p+1/t11-/m1/s1. The SMILES string of the molecule is CCC[NH+]1CCc2c(sc3c2c(NC[C@H]2CCCO2)nc2nnnn23)C1. The molecule has 1 fully saturated rings. The Kier molecular flexibility index (Phi) is 4.22. The molecule has 2 N–H and O–H groups in total. The van der Waals surface area contributed by atoms with Crippen LogP contribution in [-0.4, -0.2) is 57.4 Å². The number of nitrogens with one attached hydrogen (secondary N) is 2. The van der Waals surface area contributed by atoms with E-state index in [1.54, 1.807) is 9.42 Å². The Labute approximate surface area is 155 Å². The van der Waals surface area contributed by atoms with Gasteiger partial charge in [-0.2, -0.15) is 9.50 Å². The van der Waals surface area contributed by atoms with Crippen LogP contribution in [0.25, 0.3) is 16.0 Å². The summed E-state index contributed by atoms with van der Waals surface area (Å²) in [5.74, 6) is 1.47. The summed E-state index contributed by atoms with van der Waals surface area (Å²) < 4.78 is 7.54. The zero-order valence-corrected chi connectivity index (χ0v) is 15.8. The van der Waals surface area contributed by atoms with Crippen molar-refractivity contribution >= 4 is 33.1 Å². The Morgan fingerprint density at radius 3 is 3.23 bits per heavy atom. The molecule has 1 saturated heterocycles. The number of tetrazole rings is 1. The van der Waals surface area contributed by atoms with Gasteiger partial charge in [0.05, 0.1) is 29.5 Å². The number of thiophene rings is 1. The van der Waals surface area contributed by atoms with Gasteiger partial charge in [0, 0.05) is 19.6 Å². The van der Waals surface area contributed by atoms with E-state index in [1.165, 1.54) is 35.3 Å². The van der Waals surface area contributed by atoms with Crippen molar-refractivity contribution in [2.75, 3.05) is 31.6 Å². The van der Waals surface area contributed by atoms with E-state index in [9.17, 15) is 0 Å². The fraction of sp³-hybridized carbons (Fsp3) is 0.647. The number of rotatable bonds is 5. The minimum Gasteiger partial charge on any atom is -0.376 e. The minimum atomic E-state index is 0.276. The highest BCUT2D eigenvalue weighted by Crippen LogP contribution is 2.36. The Morgan fingerprint density at radius 1 is 1.42 bits per heavy atom. The first-order chi connectivity index (χ1) is 12.8. The summed E-state index contributed by atoms with van der Waals surface area (Å²) in [6.07, 6.45) is 4.85. The van der Waals surface area contributed by atoms with Crippen molar-refractivity contribution in [1.29, 1.82) is 0 Å². The molecule has 2 aliphatic rings. The molecule has 0 saturated carbocycles. The van der Waals surface area contributed by atoms with Crippen molar-refractivity contribution in [3.05, 3.63) is 10.4 Å². The first-order valence-electron chi connectivity index (χ1n) is 9.55. The normalized spacial score (nSPS) is 23.0. The summed E-state index contributed by atoms with van der Waals surface area (Å²) in [6, 6.07) is 0. The molecule has 2 aliphatic heterocycles. The van der Waals surface area contributed by atoms with Gasteiger partial charge in [0.1, 0.15) is 17.2 Å². The topological polar surface area (TPSA) is 81.7 Å². The predicted octanol–water partition coefficient (Wildman–Crippen LogP) is 0.676. The van der Waals surface area contributed by atoms with Gasteiger partial charge in [-0.25, -0.2) is 0 Å². The highest BCUT2D eigenvalue weighted by atomic mass is 32.1. The van der Waals surface area contributed by atoms with E-state index in [1.807, 2.05) is 11.3 Å². The van der Waals surface area contributed by atoms with E-state index in [-0.39, 0.29) is 6.10 Å². The molecule has 5 rings (SSSR count). The molecule has 0 spiro atoms. The number of hydrogen-bond donors (Lipinski definition) is 2. The van der Waals surface area contributed by atoms with Crippen LogP contribution >= 0.6 is 11.3 Å². The maximum Gasteiger partial charge on any atom is 0.276 e. The second-order valence-corrected chi connectivity index (χ2v) is 8.31. The quantitative estimate of drug-likeness (QED) is 0.683. The van der Waals surface area contributed by atoms with Gasteiger partial charge in [-0.1, -0.05) is 12.0 Å². The summed E-state index contributed by atoms with van der Waals surface area (Å²) in [6.45, 7) is 7.43. The highest BCUT2D eigenvalue weighted by Gasteiger charge is 2.27. The molecule has 26 heavy (non-hydrogen) atoms. The molecular weight excluding hydrogens is 350 g/mol. The summed E-state index contributed by atoms with van der Waals surface area (Å²) in [5.41, 5.74) is 1.43. The van der Waals surface area contributed by atoms with E-state index in [2.05, 4.69) is 27.8 Å². The summed E-state index contributed by atoms with van der Waals surface area (Å²) >= 11 is 1.82. The van der Waals surface area contributed by atoms with Crippen LogP contribution in [0, 0.1) is 0 Å². The van der Waals surface area contributed by atoms with E-state index in [4.69, 9.17) is 9.72 Å². The van der Waals surface area contributed by atoms with Crippen LogP contribution in [0.15, 0.2) is 0 Å². The highest BCUT2D eigenvalue weighted by molar-refractivity contribution is 7.19. The third-order valence-electron chi connectivity index (χ3n) is 5.43. The van der Waals surface area contributed by atoms with Crippen molar-refractivity contribution in [2.45, 2.75) is 45.3 Å². The van der Waals surface area contributed by atoms with Crippen molar-refractivity contribution in [3.8, 4) is 0 Å². The van der Waals surface area contributed by atoms with Gasteiger partial charge >= 0.3 is 0 Å². The molecule has 2 atom stereocenters. The zero-order chi connectivity index (χ0) is 17.5. The number of ether oxygens (including phenoxy) is 1. The monoisotopic (exact) mass is 374 g/mol. The Balaban J connectivity index is 1.56. The van der Waals surface area contributed by atoms with E-state index < -0.39 is 0 Å². The zero-order valence-electron chi connectivity index (χ0n) is 15.0. The molecule has 0 aromatic carbocycles. The van der Waals surface area contributed by atoms with Gasteiger partial charge in [0.25, 0.3) is 5.78 Å². The number of nitrogens with zero attached hydrogens (tertiary/aromatic N) is 5. The second-order valence-electron chi connectivity index (χ2n) is 7.23. The van der Waals surface area contributed by atoms with Gasteiger partial charge < -0.3 is 15.0 Å². The van der Waals surface area contributed by atoms with E-state index >= 15 is 0 Å². The fourth-order valence-electron chi connectivity index (χ4n) is 4.17. The van der Waals surface area contributed by atoms with Crippen LogP contribution in [0.4, 0.5) is 5.82 Å². The summed E-state index contributed by atoms with van der Waals surface area (Å²) in [7, 11) is 0. The smallest absolute Gasteiger partial charge is 0.276 e. The summed E-state index contributed by atoms with van der Waals surface area (Å²) in [4.78, 5) is 8.95. The summed E-state index contributed by atoms with van der Waals surface area (Å²) in [5, 5.41) is 16.8. The van der Waals surface area contributed by atoms with Crippen LogP contribution in [0.1, 0.15) is 36.6 Å². The van der Waals surface area contributed by atoms with Crippen LogP contribution in [0.3, 0.4) is 0 Å². The molecule has 0 aliphatic carbocycles. The lowest BCUT2D eigenvalue weighted by Gasteiger charge is -2.23. The maximum atomic E-state index is 5.76. The van der Waals surface area contributed by atoms with Crippen molar-refractivity contribution in [3.63, 3.8) is 0 Å². The molecule has 0 amide bonds. The molecule has 3 aromatic heterocycles. The van der Waals surface area contributed by atoms with Crippen molar-refractivity contribution in [2.24, 2.45) is 0 Å². The van der Waals surface area contributed by atoms with Crippen molar-refractivity contribution in [1.82, 2.24) is 25.0 Å². The lowest BCUT2D eigenvalue weighted by molar-refractivity contribution is -0.915. The lowest BCUT2D eigenvalue weighted by Crippen LogP contribution is -3.11. The van der Waals surface area contributed by atoms with Gasteiger partial charge in [-0.3, -0.25) is 0 Å². The van der Waals surface area contributed by atoms with Crippen LogP contribution < -0.4 is 10.2 Å². The first kappa shape index (κ1) is 16.3. The number of aromatic nitrogens is 5. The Bertz CT molecular complexity index is 930.